The lowest BCUT2D eigenvalue weighted by Crippen LogP contribution is -2.44. The number of fused-ring (bicyclic) bond motifs is 1. The number of primary amides is 1. The van der Waals surface area contributed by atoms with Crippen LogP contribution in [0.15, 0.2) is 60.7 Å². The number of hydrogen-bond acceptors (Lipinski definition) is 5. The van der Waals surface area contributed by atoms with Crippen molar-refractivity contribution in [3.63, 3.8) is 0 Å². The summed E-state index contributed by atoms with van der Waals surface area (Å²) in [5.74, 6) is -0.750. The predicted molar refractivity (Wildman–Crippen MR) is 168 cm³/mol. The number of ether oxygens (including phenoxy) is 1. The Kier molecular flexibility index (Phi) is 14.2. The molecule has 4 N–H and O–H groups in total. The number of carbonyl (C=O) groups excluding carboxylic acids is 3. The molecule has 0 fully saturated rings. The number of nitrogens with two attached hydrogens (primary N) is 2. The first-order valence-electron chi connectivity index (χ1n) is 14.4. The number of amides is 2. The SMILES string of the molecule is CCCCN(C(=O)CCCCC(=O)OCc1ccccc1N)[C@H](CC(N)=O)Cc1ccc2cc(CC)ccc2c1.Cl. The van der Waals surface area contributed by atoms with Gasteiger partial charge in [-0.25, -0.2) is 0 Å². The van der Waals surface area contributed by atoms with Gasteiger partial charge in [-0.3, -0.25) is 14.4 Å². The number of unbranched alkanes of at least 4 members (excludes halogenated alkanes) is 2. The number of nitrogen functional groups attached to an aromatic ring is 1. The molecule has 0 unspecified atom stereocenters. The van der Waals surface area contributed by atoms with Gasteiger partial charge in [-0.15, -0.1) is 12.4 Å². The molecule has 0 aliphatic heterocycles. The topological polar surface area (TPSA) is 116 Å². The molecule has 0 spiro atoms. The molecule has 0 aliphatic carbocycles. The van der Waals surface area contributed by atoms with Crippen LogP contribution in [0.5, 0.6) is 0 Å². The van der Waals surface area contributed by atoms with Crippen molar-refractivity contribution in [3.8, 4) is 0 Å². The molecule has 0 heterocycles. The number of nitrogens with zero attached hydrogens (tertiary/aromatic N) is 1. The summed E-state index contributed by atoms with van der Waals surface area (Å²) >= 11 is 0. The maximum Gasteiger partial charge on any atom is 0.306 e. The molecule has 0 bridgehead atoms. The van der Waals surface area contributed by atoms with Crippen molar-refractivity contribution in [2.75, 3.05) is 12.3 Å². The zero-order chi connectivity index (χ0) is 28.9. The van der Waals surface area contributed by atoms with Crippen LogP contribution in [-0.2, 0) is 38.6 Å². The van der Waals surface area contributed by atoms with Crippen LogP contribution in [-0.4, -0.2) is 35.3 Å². The average Bonchev–Trinajstić information content (AvgIpc) is 2.94. The molecule has 8 heteroatoms. The minimum Gasteiger partial charge on any atom is -0.461 e. The largest absolute Gasteiger partial charge is 0.461 e. The van der Waals surface area contributed by atoms with Crippen LogP contribution in [0.3, 0.4) is 0 Å². The second-order valence-corrected chi connectivity index (χ2v) is 10.4. The molecule has 0 radical (unpaired) electrons. The van der Waals surface area contributed by atoms with Gasteiger partial charge in [0.25, 0.3) is 0 Å². The Bertz CT molecular complexity index is 1300. The van der Waals surface area contributed by atoms with Gasteiger partial charge in [0.2, 0.25) is 11.8 Å². The van der Waals surface area contributed by atoms with Crippen molar-refractivity contribution in [2.24, 2.45) is 5.73 Å². The van der Waals surface area contributed by atoms with Crippen molar-refractivity contribution in [1.29, 1.82) is 0 Å². The third-order valence-corrected chi connectivity index (χ3v) is 7.26. The van der Waals surface area contributed by atoms with E-state index in [9.17, 15) is 14.4 Å². The number of para-hydroxylation sites is 1. The van der Waals surface area contributed by atoms with E-state index in [4.69, 9.17) is 16.2 Å². The Balaban J connectivity index is 0.00000588. The number of benzene rings is 3. The number of carbonyl (C=O) groups is 3. The van der Waals surface area contributed by atoms with Crippen LogP contribution in [0.1, 0.15) is 75.5 Å². The van der Waals surface area contributed by atoms with Crippen molar-refractivity contribution in [2.45, 2.75) is 84.3 Å². The number of rotatable bonds is 16. The summed E-state index contributed by atoms with van der Waals surface area (Å²) in [6.45, 7) is 4.92. The molecule has 7 nitrogen and oxygen atoms in total. The van der Waals surface area contributed by atoms with E-state index in [1.807, 2.05) is 23.1 Å². The Labute approximate surface area is 250 Å². The molecular weight excluding hydrogens is 538 g/mol. The van der Waals surface area contributed by atoms with Gasteiger partial charge in [0.1, 0.15) is 6.61 Å². The summed E-state index contributed by atoms with van der Waals surface area (Å²) in [6, 6.07) is 19.7. The standard InChI is InChI=1S/C33H43N3O4.ClH/c1-3-5-18-36(32(38)12-8-9-13-33(39)40-23-28-10-6-7-11-30(28)34)29(22-31(35)37)21-25-15-17-26-19-24(4-2)14-16-27(26)20-25;/h6-7,10-11,14-17,19-20,29H,3-5,8-9,12-13,18,21-23,34H2,1-2H3,(H2,35,37);1H/t29-;/m0./s1. The third kappa shape index (κ3) is 10.7. The summed E-state index contributed by atoms with van der Waals surface area (Å²) in [7, 11) is 0. The molecule has 0 aliphatic rings. The Hall–Kier alpha value is -3.58. The van der Waals surface area contributed by atoms with Gasteiger partial charge in [0.05, 0.1) is 0 Å². The van der Waals surface area contributed by atoms with E-state index >= 15 is 0 Å². The van der Waals surface area contributed by atoms with Crippen molar-refractivity contribution < 1.29 is 19.1 Å². The smallest absolute Gasteiger partial charge is 0.306 e. The molecule has 41 heavy (non-hydrogen) atoms. The van der Waals surface area contributed by atoms with Crippen LogP contribution in [0.25, 0.3) is 10.8 Å². The highest BCUT2D eigenvalue weighted by Gasteiger charge is 2.25. The average molecular weight is 582 g/mol. The lowest BCUT2D eigenvalue weighted by molar-refractivity contribution is -0.145. The molecule has 2 amide bonds. The molecule has 0 saturated heterocycles. The van der Waals surface area contributed by atoms with E-state index in [-0.39, 0.29) is 49.8 Å². The highest BCUT2D eigenvalue weighted by molar-refractivity contribution is 5.85. The first-order chi connectivity index (χ1) is 19.3. The first-order valence-corrected chi connectivity index (χ1v) is 14.4. The maximum absolute atomic E-state index is 13.4. The zero-order valence-corrected chi connectivity index (χ0v) is 25.1. The molecule has 3 aromatic carbocycles. The zero-order valence-electron chi connectivity index (χ0n) is 24.3. The minimum absolute atomic E-state index is 0. The van der Waals surface area contributed by atoms with Gasteiger partial charge in [-0.05, 0) is 60.1 Å². The molecule has 0 saturated carbocycles. The van der Waals surface area contributed by atoms with E-state index in [1.165, 1.54) is 10.9 Å². The number of halogens is 1. The summed E-state index contributed by atoms with van der Waals surface area (Å²) in [4.78, 5) is 39.4. The second kappa shape index (κ2) is 17.3. The van der Waals surface area contributed by atoms with Crippen molar-refractivity contribution in [1.82, 2.24) is 4.90 Å². The third-order valence-electron chi connectivity index (χ3n) is 7.26. The fraction of sp³-hybridized carbons (Fsp3) is 0.424. The minimum atomic E-state index is -0.422. The number of esters is 1. The first kappa shape index (κ1) is 33.6. The lowest BCUT2D eigenvalue weighted by Gasteiger charge is -2.32. The maximum atomic E-state index is 13.4. The molecule has 1 atom stereocenters. The van der Waals surface area contributed by atoms with E-state index in [0.717, 1.165) is 35.8 Å². The summed E-state index contributed by atoms with van der Waals surface area (Å²) < 4.78 is 5.34. The van der Waals surface area contributed by atoms with Gasteiger partial charge >= 0.3 is 5.97 Å². The van der Waals surface area contributed by atoms with Crippen molar-refractivity contribution >= 4 is 46.7 Å². The van der Waals surface area contributed by atoms with Gasteiger partial charge < -0.3 is 21.1 Å². The van der Waals surface area contributed by atoms with E-state index in [0.29, 0.717) is 37.9 Å². The number of hydrogen-bond donors (Lipinski definition) is 2. The van der Waals surface area contributed by atoms with E-state index in [1.54, 1.807) is 6.07 Å². The highest BCUT2D eigenvalue weighted by atomic mass is 35.5. The monoisotopic (exact) mass is 581 g/mol. The molecule has 3 aromatic rings. The van der Waals surface area contributed by atoms with Gasteiger partial charge in [-0.2, -0.15) is 0 Å². The normalized spacial score (nSPS) is 11.5. The van der Waals surface area contributed by atoms with Gasteiger partial charge in [0.15, 0.2) is 0 Å². The number of anilines is 1. The van der Waals surface area contributed by atoms with Crippen LogP contribution in [0.2, 0.25) is 0 Å². The molecule has 0 aromatic heterocycles. The Morgan fingerprint density at radius 2 is 1.54 bits per heavy atom. The predicted octanol–water partition coefficient (Wildman–Crippen LogP) is 6.13. The van der Waals surface area contributed by atoms with E-state index in [2.05, 4.69) is 50.2 Å². The van der Waals surface area contributed by atoms with Gasteiger partial charge in [-0.1, -0.05) is 74.9 Å². The summed E-state index contributed by atoms with van der Waals surface area (Å²) in [6.07, 6.45) is 5.05. The van der Waals surface area contributed by atoms with Crippen LogP contribution in [0, 0.1) is 0 Å². The molecular formula is C33H44ClN3O4. The van der Waals surface area contributed by atoms with Crippen LogP contribution >= 0.6 is 12.4 Å². The quantitative estimate of drug-likeness (QED) is 0.120. The fourth-order valence-electron chi connectivity index (χ4n) is 4.91. The summed E-state index contributed by atoms with van der Waals surface area (Å²) in [5.41, 5.74) is 15.3. The number of aryl methyl sites for hydroxylation is 1. The fourth-order valence-corrected chi connectivity index (χ4v) is 4.91. The second-order valence-electron chi connectivity index (χ2n) is 10.4. The van der Waals surface area contributed by atoms with Gasteiger partial charge in [0, 0.05) is 43.1 Å². The molecule has 222 valence electrons. The molecule has 3 rings (SSSR count). The Morgan fingerprint density at radius 3 is 2.20 bits per heavy atom. The van der Waals surface area contributed by atoms with Crippen LogP contribution < -0.4 is 11.5 Å². The van der Waals surface area contributed by atoms with Crippen LogP contribution in [0.4, 0.5) is 5.69 Å². The summed E-state index contributed by atoms with van der Waals surface area (Å²) in [5, 5.41) is 2.32. The van der Waals surface area contributed by atoms with E-state index < -0.39 is 5.91 Å². The lowest BCUT2D eigenvalue weighted by atomic mass is 9.97. The van der Waals surface area contributed by atoms with Crippen molar-refractivity contribution in [3.05, 3.63) is 77.4 Å². The highest BCUT2D eigenvalue weighted by Crippen LogP contribution is 2.22. The Morgan fingerprint density at radius 1 is 0.878 bits per heavy atom.